The first-order chi connectivity index (χ1) is 14.6. The summed E-state index contributed by atoms with van der Waals surface area (Å²) in [4.78, 5) is 19.8. The minimum absolute atomic E-state index is 0.0752. The van der Waals surface area contributed by atoms with Crippen molar-refractivity contribution >= 4 is 22.2 Å². The van der Waals surface area contributed by atoms with E-state index < -0.39 is 0 Å². The van der Waals surface area contributed by atoms with Crippen LogP contribution in [-0.2, 0) is 4.79 Å². The maximum Gasteiger partial charge on any atom is 0.230 e. The molecule has 154 valence electrons. The van der Waals surface area contributed by atoms with Crippen molar-refractivity contribution in [3.63, 3.8) is 0 Å². The molecule has 30 heavy (non-hydrogen) atoms. The van der Waals surface area contributed by atoms with Crippen LogP contribution in [0, 0.1) is 5.92 Å². The van der Waals surface area contributed by atoms with Crippen LogP contribution in [0.1, 0.15) is 29.3 Å². The topological polar surface area (TPSA) is 110 Å². The Balaban J connectivity index is 1.53. The van der Waals surface area contributed by atoms with Gasteiger partial charge < -0.3 is 15.3 Å². The van der Waals surface area contributed by atoms with E-state index in [-0.39, 0.29) is 23.7 Å². The molecule has 1 aliphatic rings. The first kappa shape index (κ1) is 18.8. The van der Waals surface area contributed by atoms with Gasteiger partial charge in [-0.3, -0.25) is 9.69 Å². The minimum Gasteiger partial charge on any atom is -0.492 e. The van der Waals surface area contributed by atoms with Gasteiger partial charge in [0.1, 0.15) is 0 Å². The van der Waals surface area contributed by atoms with E-state index >= 15 is 0 Å². The third-order valence-corrected chi connectivity index (χ3v) is 6.67. The molecule has 1 saturated heterocycles. The van der Waals surface area contributed by atoms with Crippen LogP contribution in [0.5, 0.6) is 5.88 Å². The Labute approximate surface area is 176 Å². The van der Waals surface area contributed by atoms with Gasteiger partial charge in [-0.1, -0.05) is 41.7 Å². The summed E-state index contributed by atoms with van der Waals surface area (Å²) in [6.45, 7) is 1.44. The molecule has 1 aromatic carbocycles. The number of carbonyl (C=O) groups excluding carboxylic acids is 1. The van der Waals surface area contributed by atoms with Crippen molar-refractivity contribution in [2.24, 2.45) is 11.7 Å². The van der Waals surface area contributed by atoms with Crippen molar-refractivity contribution in [3.8, 4) is 17.5 Å². The van der Waals surface area contributed by atoms with E-state index in [1.54, 1.807) is 18.4 Å². The molecule has 4 aromatic rings. The van der Waals surface area contributed by atoms with E-state index in [1.165, 1.54) is 15.9 Å². The number of nitrogens with two attached hydrogens (primary N) is 1. The highest BCUT2D eigenvalue weighted by molar-refractivity contribution is 7.17. The molecule has 0 spiro atoms. The van der Waals surface area contributed by atoms with Gasteiger partial charge in [0.25, 0.3) is 0 Å². The van der Waals surface area contributed by atoms with Crippen molar-refractivity contribution in [3.05, 3.63) is 59.2 Å². The second-order valence-corrected chi connectivity index (χ2v) is 8.43. The zero-order valence-corrected chi connectivity index (χ0v) is 17.0. The highest BCUT2D eigenvalue weighted by Gasteiger charge is 2.33. The van der Waals surface area contributed by atoms with Crippen LogP contribution in [-0.4, -0.2) is 43.6 Å². The van der Waals surface area contributed by atoms with Gasteiger partial charge in [-0.15, -0.1) is 5.10 Å². The van der Waals surface area contributed by atoms with E-state index in [2.05, 4.69) is 27.1 Å². The number of fused-ring (bicyclic) bond motifs is 1. The molecule has 1 fully saturated rings. The lowest BCUT2D eigenvalue weighted by atomic mass is 9.93. The van der Waals surface area contributed by atoms with Crippen molar-refractivity contribution in [1.82, 2.24) is 19.5 Å². The number of nitrogens with zero attached hydrogens (tertiary/aromatic N) is 4. The molecule has 9 heteroatoms. The lowest BCUT2D eigenvalue weighted by molar-refractivity contribution is -0.123. The molecule has 0 bridgehead atoms. The molecular weight excluding hydrogens is 402 g/mol. The summed E-state index contributed by atoms with van der Waals surface area (Å²) >= 11 is 1.41. The Hall–Kier alpha value is -3.17. The number of carbonyl (C=O) groups is 1. The average Bonchev–Trinajstić information content (AvgIpc) is 3.49. The van der Waals surface area contributed by atoms with Gasteiger partial charge in [0.15, 0.2) is 5.76 Å². The van der Waals surface area contributed by atoms with Crippen molar-refractivity contribution in [2.45, 2.75) is 18.9 Å². The number of aromatic nitrogens is 3. The van der Waals surface area contributed by atoms with E-state index in [4.69, 9.17) is 10.2 Å². The maximum atomic E-state index is 11.6. The highest BCUT2D eigenvalue weighted by atomic mass is 32.1. The number of likely N-dealkylation sites (tertiary alicyclic amines) is 1. The molecule has 0 aliphatic carbocycles. The van der Waals surface area contributed by atoms with Gasteiger partial charge >= 0.3 is 0 Å². The molecule has 3 aromatic heterocycles. The Kier molecular flexibility index (Phi) is 4.76. The van der Waals surface area contributed by atoms with E-state index in [1.807, 2.05) is 18.2 Å². The van der Waals surface area contributed by atoms with Gasteiger partial charge in [-0.25, -0.2) is 0 Å². The normalized spacial score (nSPS) is 16.8. The molecule has 3 N–H and O–H groups in total. The molecule has 1 atom stereocenters. The quantitative estimate of drug-likeness (QED) is 0.511. The average molecular weight is 423 g/mol. The zero-order chi connectivity index (χ0) is 20.7. The number of amides is 1. The van der Waals surface area contributed by atoms with Gasteiger partial charge in [0.05, 0.1) is 17.2 Å². The number of benzene rings is 1. The second kappa shape index (κ2) is 7.58. The number of hydrogen-bond acceptors (Lipinski definition) is 7. The standard InChI is InChI=1S/C21H21N5O3S/c22-18(27)14-8-10-25(11-9-14)16(13-5-2-1-3-6-13)17-20(28)26-21(30-17)23-19(24-26)15-7-4-12-29-15/h1-7,12,14,16,28H,8-11H2,(H2,22,27)/t16-/m0/s1. The number of thiazole rings is 1. The predicted octanol–water partition coefficient (Wildman–Crippen LogP) is 3.04. The molecule has 1 amide bonds. The van der Waals surface area contributed by atoms with Crippen molar-refractivity contribution < 1.29 is 14.3 Å². The molecule has 0 radical (unpaired) electrons. The number of piperidine rings is 1. The smallest absolute Gasteiger partial charge is 0.230 e. The monoisotopic (exact) mass is 423 g/mol. The molecule has 0 saturated carbocycles. The van der Waals surface area contributed by atoms with Crippen LogP contribution in [0.3, 0.4) is 0 Å². The summed E-state index contributed by atoms with van der Waals surface area (Å²) in [6, 6.07) is 13.5. The lowest BCUT2D eigenvalue weighted by Crippen LogP contribution is -2.40. The number of furan rings is 1. The Morgan fingerprint density at radius 1 is 1.20 bits per heavy atom. The number of rotatable bonds is 5. The van der Waals surface area contributed by atoms with Gasteiger partial charge in [-0.05, 0) is 43.6 Å². The van der Waals surface area contributed by atoms with Gasteiger partial charge in [0, 0.05) is 5.92 Å². The summed E-state index contributed by atoms with van der Waals surface area (Å²) in [5, 5.41) is 15.5. The van der Waals surface area contributed by atoms with Crippen LogP contribution >= 0.6 is 11.3 Å². The van der Waals surface area contributed by atoms with Crippen LogP contribution in [0.4, 0.5) is 0 Å². The Morgan fingerprint density at radius 2 is 1.97 bits per heavy atom. The van der Waals surface area contributed by atoms with Crippen LogP contribution < -0.4 is 5.73 Å². The van der Waals surface area contributed by atoms with Crippen LogP contribution in [0.2, 0.25) is 0 Å². The third kappa shape index (κ3) is 3.25. The SMILES string of the molecule is NC(=O)C1CCN([C@@H](c2ccccc2)c2sc3nc(-c4ccco4)nn3c2O)CC1. The number of hydrogen-bond donors (Lipinski definition) is 2. The zero-order valence-electron chi connectivity index (χ0n) is 16.1. The summed E-state index contributed by atoms with van der Waals surface area (Å²) in [7, 11) is 0. The van der Waals surface area contributed by atoms with E-state index in [0.717, 1.165) is 23.5 Å². The predicted molar refractivity (Wildman–Crippen MR) is 112 cm³/mol. The molecule has 4 heterocycles. The summed E-state index contributed by atoms with van der Waals surface area (Å²) in [5.41, 5.74) is 6.57. The summed E-state index contributed by atoms with van der Waals surface area (Å²) in [5.74, 6) is 0.736. The highest BCUT2D eigenvalue weighted by Crippen LogP contribution is 2.41. The molecule has 8 nitrogen and oxygen atoms in total. The summed E-state index contributed by atoms with van der Waals surface area (Å²) < 4.78 is 6.83. The molecule has 1 aliphatic heterocycles. The van der Waals surface area contributed by atoms with Crippen LogP contribution in [0.15, 0.2) is 53.1 Å². The number of primary amides is 1. The largest absolute Gasteiger partial charge is 0.492 e. The third-order valence-electron chi connectivity index (χ3n) is 5.60. The number of aromatic hydroxyl groups is 1. The fraction of sp³-hybridized carbons (Fsp3) is 0.286. The molecule has 5 rings (SSSR count). The maximum absolute atomic E-state index is 11.6. The minimum atomic E-state index is -0.238. The van der Waals surface area contributed by atoms with Crippen molar-refractivity contribution in [1.29, 1.82) is 0 Å². The Morgan fingerprint density at radius 3 is 2.60 bits per heavy atom. The lowest BCUT2D eigenvalue weighted by Gasteiger charge is -2.36. The fourth-order valence-electron chi connectivity index (χ4n) is 4.04. The molecule has 0 unspecified atom stereocenters. The first-order valence-electron chi connectivity index (χ1n) is 9.82. The fourth-order valence-corrected chi connectivity index (χ4v) is 5.16. The Bertz CT molecular complexity index is 1160. The van der Waals surface area contributed by atoms with Gasteiger partial charge in [0.2, 0.25) is 22.6 Å². The summed E-state index contributed by atoms with van der Waals surface area (Å²) in [6.07, 6.45) is 2.99. The first-order valence-corrected chi connectivity index (χ1v) is 10.6. The van der Waals surface area contributed by atoms with Crippen molar-refractivity contribution in [2.75, 3.05) is 13.1 Å². The van der Waals surface area contributed by atoms with Crippen LogP contribution in [0.25, 0.3) is 16.5 Å². The van der Waals surface area contributed by atoms with Gasteiger partial charge in [-0.2, -0.15) is 9.50 Å². The molecular formula is C21H21N5O3S. The van der Waals surface area contributed by atoms with E-state index in [0.29, 0.717) is 29.4 Å². The second-order valence-electron chi connectivity index (χ2n) is 7.42. The van der Waals surface area contributed by atoms with E-state index in [9.17, 15) is 9.90 Å².